The Kier molecular flexibility index (Phi) is 4.96. The Labute approximate surface area is 122 Å². The van der Waals surface area contributed by atoms with Gasteiger partial charge in [-0.1, -0.05) is 25.4 Å². The summed E-state index contributed by atoms with van der Waals surface area (Å²) in [4.78, 5) is 7.44. The number of H-pyrrole nitrogens is 1. The van der Waals surface area contributed by atoms with Gasteiger partial charge in [-0.05, 0) is 30.6 Å². The SMILES string of the molecule is CC(C)COCCCn1c(=S)[nH]c2cc(Cl)cnc21. The molecule has 0 spiro atoms. The van der Waals surface area contributed by atoms with Crippen molar-refractivity contribution in [3.05, 3.63) is 22.1 Å². The summed E-state index contributed by atoms with van der Waals surface area (Å²) in [5.74, 6) is 0.569. The van der Waals surface area contributed by atoms with Crippen LogP contribution in [0.2, 0.25) is 5.02 Å². The maximum Gasteiger partial charge on any atom is 0.179 e. The van der Waals surface area contributed by atoms with E-state index in [0.717, 1.165) is 37.3 Å². The van der Waals surface area contributed by atoms with Gasteiger partial charge in [0.1, 0.15) is 0 Å². The van der Waals surface area contributed by atoms with E-state index >= 15 is 0 Å². The summed E-state index contributed by atoms with van der Waals surface area (Å²) in [6.07, 6.45) is 2.55. The van der Waals surface area contributed by atoms with E-state index in [1.165, 1.54) is 0 Å². The number of aromatic amines is 1. The van der Waals surface area contributed by atoms with Gasteiger partial charge in [0.25, 0.3) is 0 Å². The lowest BCUT2D eigenvalue weighted by Gasteiger charge is -2.07. The Morgan fingerprint density at radius 2 is 2.32 bits per heavy atom. The molecule has 2 aromatic rings. The minimum absolute atomic E-state index is 0.569. The molecule has 0 aliphatic rings. The van der Waals surface area contributed by atoms with Crippen molar-refractivity contribution in [3.63, 3.8) is 0 Å². The standard InChI is InChI=1S/C13H18ClN3OS/c1-9(2)8-18-5-3-4-17-12-11(16-13(17)19)6-10(14)7-15-12/h6-7,9H,3-5,8H2,1-2H3,(H,16,19). The summed E-state index contributed by atoms with van der Waals surface area (Å²) < 4.78 is 8.23. The van der Waals surface area contributed by atoms with Crippen LogP contribution in [0, 0.1) is 10.7 Å². The number of rotatable bonds is 6. The van der Waals surface area contributed by atoms with Gasteiger partial charge >= 0.3 is 0 Å². The second-order valence-corrected chi connectivity index (χ2v) is 5.75. The highest BCUT2D eigenvalue weighted by Gasteiger charge is 2.06. The van der Waals surface area contributed by atoms with E-state index in [1.54, 1.807) is 6.20 Å². The molecule has 0 radical (unpaired) electrons. The third-order valence-electron chi connectivity index (χ3n) is 2.70. The molecule has 0 saturated carbocycles. The van der Waals surface area contributed by atoms with E-state index in [2.05, 4.69) is 23.8 Å². The lowest BCUT2D eigenvalue weighted by molar-refractivity contribution is 0.105. The number of nitrogens with one attached hydrogen (secondary N) is 1. The smallest absolute Gasteiger partial charge is 0.179 e. The van der Waals surface area contributed by atoms with Crippen LogP contribution in [0.1, 0.15) is 20.3 Å². The van der Waals surface area contributed by atoms with Crippen molar-refractivity contribution in [2.45, 2.75) is 26.8 Å². The molecule has 0 atom stereocenters. The normalized spacial score (nSPS) is 11.6. The first kappa shape index (κ1) is 14.5. The van der Waals surface area contributed by atoms with Crippen LogP contribution in [0.3, 0.4) is 0 Å². The van der Waals surface area contributed by atoms with Crippen molar-refractivity contribution < 1.29 is 4.74 Å². The van der Waals surface area contributed by atoms with E-state index in [-0.39, 0.29) is 0 Å². The highest BCUT2D eigenvalue weighted by atomic mass is 35.5. The fourth-order valence-electron chi connectivity index (χ4n) is 1.87. The zero-order chi connectivity index (χ0) is 13.8. The molecule has 0 aliphatic carbocycles. The molecule has 2 heterocycles. The molecule has 0 amide bonds. The Morgan fingerprint density at radius 1 is 1.53 bits per heavy atom. The van der Waals surface area contributed by atoms with Crippen LogP contribution in [0.5, 0.6) is 0 Å². The van der Waals surface area contributed by atoms with Gasteiger partial charge in [0.05, 0.1) is 10.5 Å². The molecule has 0 fully saturated rings. The van der Waals surface area contributed by atoms with Crippen LogP contribution in [0.25, 0.3) is 11.2 Å². The van der Waals surface area contributed by atoms with Crippen LogP contribution in [-0.2, 0) is 11.3 Å². The lowest BCUT2D eigenvalue weighted by Crippen LogP contribution is -2.07. The van der Waals surface area contributed by atoms with Gasteiger partial charge in [-0.15, -0.1) is 0 Å². The van der Waals surface area contributed by atoms with Gasteiger partial charge in [-0.3, -0.25) is 0 Å². The molecule has 4 nitrogen and oxygen atoms in total. The molecule has 0 bridgehead atoms. The van der Waals surface area contributed by atoms with Crippen LogP contribution >= 0.6 is 23.8 Å². The fourth-order valence-corrected chi connectivity index (χ4v) is 2.31. The van der Waals surface area contributed by atoms with Crippen molar-refractivity contribution in [2.75, 3.05) is 13.2 Å². The first-order chi connectivity index (χ1) is 9.08. The maximum atomic E-state index is 5.91. The number of hydrogen-bond acceptors (Lipinski definition) is 3. The summed E-state index contributed by atoms with van der Waals surface area (Å²) in [7, 11) is 0. The third kappa shape index (κ3) is 3.78. The van der Waals surface area contributed by atoms with Crippen molar-refractivity contribution in [1.82, 2.24) is 14.5 Å². The van der Waals surface area contributed by atoms with Crippen LogP contribution in [-0.4, -0.2) is 27.7 Å². The summed E-state index contributed by atoms with van der Waals surface area (Å²) in [5.41, 5.74) is 1.72. The Bertz CT molecular complexity index is 605. The molecule has 0 unspecified atom stereocenters. The minimum Gasteiger partial charge on any atom is -0.381 e. The second-order valence-electron chi connectivity index (χ2n) is 4.93. The highest BCUT2D eigenvalue weighted by Crippen LogP contribution is 2.16. The number of fused-ring (bicyclic) bond motifs is 1. The average molecular weight is 300 g/mol. The number of nitrogens with zero attached hydrogens (tertiary/aromatic N) is 2. The lowest BCUT2D eigenvalue weighted by atomic mass is 10.2. The second kappa shape index (κ2) is 6.50. The maximum absolute atomic E-state index is 5.91. The van der Waals surface area contributed by atoms with Gasteiger partial charge in [0.2, 0.25) is 0 Å². The molecule has 0 saturated heterocycles. The zero-order valence-electron chi connectivity index (χ0n) is 11.1. The molecule has 0 aliphatic heterocycles. The quantitative estimate of drug-likeness (QED) is 0.651. The van der Waals surface area contributed by atoms with E-state index in [9.17, 15) is 0 Å². The van der Waals surface area contributed by atoms with Crippen LogP contribution < -0.4 is 0 Å². The van der Waals surface area contributed by atoms with Crippen molar-refractivity contribution in [3.8, 4) is 0 Å². The van der Waals surface area contributed by atoms with Gasteiger partial charge < -0.3 is 14.3 Å². The van der Waals surface area contributed by atoms with E-state index in [4.69, 9.17) is 28.6 Å². The fraction of sp³-hybridized carbons (Fsp3) is 0.538. The number of halogens is 1. The highest BCUT2D eigenvalue weighted by molar-refractivity contribution is 7.71. The molecule has 1 N–H and O–H groups in total. The molecule has 2 rings (SSSR count). The Morgan fingerprint density at radius 3 is 3.05 bits per heavy atom. The van der Waals surface area contributed by atoms with Gasteiger partial charge in [0.15, 0.2) is 10.4 Å². The van der Waals surface area contributed by atoms with E-state index in [0.29, 0.717) is 15.7 Å². The number of pyridine rings is 1. The van der Waals surface area contributed by atoms with Crippen molar-refractivity contribution >= 4 is 35.0 Å². The first-order valence-electron chi connectivity index (χ1n) is 6.39. The predicted molar refractivity (Wildman–Crippen MR) is 80.2 cm³/mol. The topological polar surface area (TPSA) is 42.8 Å². The van der Waals surface area contributed by atoms with Crippen molar-refractivity contribution in [1.29, 1.82) is 0 Å². The van der Waals surface area contributed by atoms with E-state index < -0.39 is 0 Å². The molecule has 104 valence electrons. The number of ether oxygens (including phenoxy) is 1. The number of hydrogen-bond donors (Lipinski definition) is 1. The summed E-state index contributed by atoms with van der Waals surface area (Å²) >= 11 is 11.2. The number of aryl methyl sites for hydroxylation is 1. The molecule has 0 aromatic carbocycles. The Balaban J connectivity index is 2.00. The summed E-state index contributed by atoms with van der Waals surface area (Å²) in [6.45, 7) is 6.62. The predicted octanol–water partition coefficient (Wildman–Crippen LogP) is 3.81. The molecule has 2 aromatic heterocycles. The summed E-state index contributed by atoms with van der Waals surface area (Å²) in [5, 5.41) is 0.608. The van der Waals surface area contributed by atoms with Gasteiger partial charge in [0, 0.05) is 26.0 Å². The molecule has 19 heavy (non-hydrogen) atoms. The number of imidazole rings is 1. The monoisotopic (exact) mass is 299 g/mol. The average Bonchev–Trinajstić information content (AvgIpc) is 2.64. The molecular weight excluding hydrogens is 282 g/mol. The largest absolute Gasteiger partial charge is 0.381 e. The van der Waals surface area contributed by atoms with Crippen LogP contribution in [0.4, 0.5) is 0 Å². The van der Waals surface area contributed by atoms with Gasteiger partial charge in [-0.25, -0.2) is 4.98 Å². The van der Waals surface area contributed by atoms with Crippen molar-refractivity contribution in [2.24, 2.45) is 5.92 Å². The molecule has 6 heteroatoms. The zero-order valence-corrected chi connectivity index (χ0v) is 12.7. The van der Waals surface area contributed by atoms with E-state index in [1.807, 2.05) is 10.6 Å². The Hall–Kier alpha value is -0.910. The first-order valence-corrected chi connectivity index (χ1v) is 7.18. The van der Waals surface area contributed by atoms with Gasteiger partial charge in [-0.2, -0.15) is 0 Å². The van der Waals surface area contributed by atoms with Crippen LogP contribution in [0.15, 0.2) is 12.3 Å². The summed E-state index contributed by atoms with van der Waals surface area (Å²) in [6, 6.07) is 1.84. The number of aromatic nitrogens is 3. The molecular formula is C13H18ClN3OS. The third-order valence-corrected chi connectivity index (χ3v) is 3.23. The minimum atomic E-state index is 0.569.